The zero-order chi connectivity index (χ0) is 14.4. The van der Waals surface area contributed by atoms with Crippen LogP contribution in [0.3, 0.4) is 0 Å². The average Bonchev–Trinajstić information content (AvgIpc) is 2.35. The van der Waals surface area contributed by atoms with Gasteiger partial charge in [0.15, 0.2) is 0 Å². The fourth-order valence-corrected chi connectivity index (χ4v) is 1.71. The minimum Gasteiger partial charge on any atom is -0.384 e. The van der Waals surface area contributed by atoms with Crippen LogP contribution in [-0.2, 0) is 4.74 Å². The summed E-state index contributed by atoms with van der Waals surface area (Å²) in [5.41, 5.74) is 7.11. The Bertz CT molecular complexity index is 433. The Morgan fingerprint density at radius 2 is 2.11 bits per heavy atom. The summed E-state index contributed by atoms with van der Waals surface area (Å²) in [4.78, 5) is 16.3. The van der Waals surface area contributed by atoms with Gasteiger partial charge in [-0.05, 0) is 24.0 Å². The number of nitrogen functional groups attached to an aromatic ring is 1. The molecule has 0 aliphatic heterocycles. The molecular formula is C14H23N3O2. The van der Waals surface area contributed by atoms with Gasteiger partial charge in [0.25, 0.3) is 5.91 Å². The lowest BCUT2D eigenvalue weighted by atomic mass is 10.1. The third kappa shape index (κ3) is 4.87. The van der Waals surface area contributed by atoms with Crippen LogP contribution in [0.25, 0.3) is 0 Å². The van der Waals surface area contributed by atoms with Crippen molar-refractivity contribution in [3.63, 3.8) is 0 Å². The molecule has 1 amide bonds. The van der Waals surface area contributed by atoms with Gasteiger partial charge in [-0.15, -0.1) is 0 Å². The number of nitrogens with zero attached hydrogens (tertiary/aromatic N) is 1. The molecule has 0 fully saturated rings. The maximum atomic E-state index is 12.0. The smallest absolute Gasteiger partial charge is 0.251 e. The van der Waals surface area contributed by atoms with Gasteiger partial charge in [-0.1, -0.05) is 20.8 Å². The molecule has 1 heterocycles. The molecule has 0 bridgehead atoms. The third-order valence-corrected chi connectivity index (χ3v) is 2.78. The molecule has 1 aromatic heterocycles. The SMILES string of the molecule is COCC(C)CNC(=O)c1cc(N)nc(C(C)C)c1. The first kappa shape index (κ1) is 15.4. The van der Waals surface area contributed by atoms with Crippen LogP contribution < -0.4 is 11.1 Å². The number of carbonyl (C=O) groups excluding carboxylic acids is 1. The maximum Gasteiger partial charge on any atom is 0.251 e. The summed E-state index contributed by atoms with van der Waals surface area (Å²) in [6.45, 7) is 7.25. The van der Waals surface area contributed by atoms with Crippen LogP contribution in [0.2, 0.25) is 0 Å². The quantitative estimate of drug-likeness (QED) is 0.822. The van der Waals surface area contributed by atoms with E-state index in [4.69, 9.17) is 10.5 Å². The van der Waals surface area contributed by atoms with Gasteiger partial charge in [-0.2, -0.15) is 0 Å². The predicted octanol–water partition coefficient (Wildman–Crippen LogP) is 1.80. The number of carbonyl (C=O) groups is 1. The van der Waals surface area contributed by atoms with Gasteiger partial charge >= 0.3 is 0 Å². The molecule has 3 N–H and O–H groups in total. The number of pyridine rings is 1. The van der Waals surface area contributed by atoms with Crippen molar-refractivity contribution in [1.82, 2.24) is 10.3 Å². The second-order valence-corrected chi connectivity index (χ2v) is 5.13. The second-order valence-electron chi connectivity index (χ2n) is 5.13. The van der Waals surface area contributed by atoms with Gasteiger partial charge in [-0.25, -0.2) is 4.98 Å². The Balaban J connectivity index is 2.71. The zero-order valence-corrected chi connectivity index (χ0v) is 12.1. The van der Waals surface area contributed by atoms with Crippen molar-refractivity contribution in [2.75, 3.05) is 26.0 Å². The van der Waals surface area contributed by atoms with Crippen LogP contribution in [0.1, 0.15) is 42.7 Å². The van der Waals surface area contributed by atoms with E-state index in [1.54, 1.807) is 19.2 Å². The molecule has 0 aliphatic rings. The van der Waals surface area contributed by atoms with Crippen LogP contribution in [0.4, 0.5) is 5.82 Å². The topological polar surface area (TPSA) is 77.2 Å². The molecule has 0 radical (unpaired) electrons. The highest BCUT2D eigenvalue weighted by Crippen LogP contribution is 2.16. The molecule has 5 nitrogen and oxygen atoms in total. The summed E-state index contributed by atoms with van der Waals surface area (Å²) in [5, 5.41) is 2.87. The summed E-state index contributed by atoms with van der Waals surface area (Å²) < 4.78 is 5.03. The number of ether oxygens (including phenoxy) is 1. The standard InChI is InChI=1S/C14H23N3O2/c1-9(2)12-5-11(6-13(15)17-12)14(18)16-7-10(3)8-19-4/h5-6,9-10H,7-8H2,1-4H3,(H2,15,17)(H,16,18). The van der Waals surface area contributed by atoms with E-state index in [0.29, 0.717) is 24.5 Å². The lowest BCUT2D eigenvalue weighted by molar-refractivity contribution is 0.0934. The Kier molecular flexibility index (Phi) is 5.76. The Morgan fingerprint density at radius 3 is 2.68 bits per heavy atom. The van der Waals surface area contributed by atoms with E-state index >= 15 is 0 Å². The molecule has 1 unspecified atom stereocenters. The molecule has 1 atom stereocenters. The fourth-order valence-electron chi connectivity index (χ4n) is 1.71. The van der Waals surface area contributed by atoms with Crippen LogP contribution in [0.5, 0.6) is 0 Å². The molecule has 1 aromatic rings. The summed E-state index contributed by atoms with van der Waals surface area (Å²) in [6.07, 6.45) is 0. The molecule has 0 aromatic carbocycles. The van der Waals surface area contributed by atoms with Gasteiger partial charge in [0, 0.05) is 24.9 Å². The number of nitrogens with two attached hydrogens (primary N) is 1. The maximum absolute atomic E-state index is 12.0. The van der Waals surface area contributed by atoms with Gasteiger partial charge in [0.05, 0.1) is 6.61 Å². The van der Waals surface area contributed by atoms with Crippen molar-refractivity contribution in [2.24, 2.45) is 5.92 Å². The van der Waals surface area contributed by atoms with E-state index in [9.17, 15) is 4.79 Å². The molecule has 0 spiro atoms. The lowest BCUT2D eigenvalue weighted by Gasteiger charge is -2.13. The van der Waals surface area contributed by atoms with Gasteiger partial charge in [-0.3, -0.25) is 4.79 Å². The third-order valence-electron chi connectivity index (χ3n) is 2.78. The van der Waals surface area contributed by atoms with E-state index in [1.165, 1.54) is 0 Å². The molecule has 19 heavy (non-hydrogen) atoms. The highest BCUT2D eigenvalue weighted by atomic mass is 16.5. The van der Waals surface area contributed by atoms with Crippen molar-refractivity contribution in [1.29, 1.82) is 0 Å². The fraction of sp³-hybridized carbons (Fsp3) is 0.571. The summed E-state index contributed by atoms with van der Waals surface area (Å²) in [5.74, 6) is 0.764. The summed E-state index contributed by atoms with van der Waals surface area (Å²) in [6, 6.07) is 3.39. The monoisotopic (exact) mass is 265 g/mol. The van der Waals surface area contributed by atoms with Gasteiger partial charge in [0.1, 0.15) is 5.82 Å². The van der Waals surface area contributed by atoms with Crippen molar-refractivity contribution in [2.45, 2.75) is 26.7 Å². The molecule has 1 rings (SSSR count). The average molecular weight is 265 g/mol. The lowest BCUT2D eigenvalue weighted by Crippen LogP contribution is -2.30. The van der Waals surface area contributed by atoms with Crippen LogP contribution in [0.15, 0.2) is 12.1 Å². The van der Waals surface area contributed by atoms with Gasteiger partial charge in [0.2, 0.25) is 0 Å². The first-order valence-corrected chi connectivity index (χ1v) is 6.48. The van der Waals surface area contributed by atoms with Crippen molar-refractivity contribution in [3.05, 3.63) is 23.4 Å². The minimum absolute atomic E-state index is 0.126. The summed E-state index contributed by atoms with van der Waals surface area (Å²) >= 11 is 0. The van der Waals surface area contributed by atoms with E-state index < -0.39 is 0 Å². The highest BCUT2D eigenvalue weighted by molar-refractivity contribution is 5.94. The van der Waals surface area contributed by atoms with Gasteiger partial charge < -0.3 is 15.8 Å². The molecular weight excluding hydrogens is 242 g/mol. The number of hydrogen-bond acceptors (Lipinski definition) is 4. The second kappa shape index (κ2) is 7.09. The minimum atomic E-state index is -0.126. The van der Waals surface area contributed by atoms with E-state index in [0.717, 1.165) is 5.69 Å². The molecule has 106 valence electrons. The first-order chi connectivity index (χ1) is 8.93. The highest BCUT2D eigenvalue weighted by Gasteiger charge is 2.11. The van der Waals surface area contributed by atoms with E-state index in [-0.39, 0.29) is 17.7 Å². The molecule has 5 heteroatoms. The molecule has 0 aliphatic carbocycles. The number of nitrogens with one attached hydrogen (secondary N) is 1. The van der Waals surface area contributed by atoms with Crippen LogP contribution in [0, 0.1) is 5.92 Å². The normalized spacial score (nSPS) is 12.5. The van der Waals surface area contributed by atoms with E-state index in [2.05, 4.69) is 10.3 Å². The number of aromatic nitrogens is 1. The Morgan fingerprint density at radius 1 is 1.42 bits per heavy atom. The molecule has 0 saturated heterocycles. The molecule has 0 saturated carbocycles. The number of anilines is 1. The number of rotatable bonds is 6. The first-order valence-electron chi connectivity index (χ1n) is 6.48. The number of hydrogen-bond donors (Lipinski definition) is 2. The predicted molar refractivity (Wildman–Crippen MR) is 76.1 cm³/mol. The Labute approximate surface area is 114 Å². The van der Waals surface area contributed by atoms with Crippen molar-refractivity contribution >= 4 is 11.7 Å². The largest absolute Gasteiger partial charge is 0.384 e. The van der Waals surface area contributed by atoms with E-state index in [1.807, 2.05) is 20.8 Å². The van der Waals surface area contributed by atoms with Crippen molar-refractivity contribution in [3.8, 4) is 0 Å². The van der Waals surface area contributed by atoms with Crippen LogP contribution in [-0.4, -0.2) is 31.2 Å². The van der Waals surface area contributed by atoms with Crippen molar-refractivity contribution < 1.29 is 9.53 Å². The zero-order valence-electron chi connectivity index (χ0n) is 12.1. The summed E-state index contributed by atoms with van der Waals surface area (Å²) in [7, 11) is 1.65. The number of amides is 1. The van der Waals surface area contributed by atoms with Crippen LogP contribution >= 0.6 is 0 Å². The Hall–Kier alpha value is -1.62. The number of methoxy groups -OCH3 is 1.